The minimum Gasteiger partial charge on any atom is -0.385 e. The molecule has 4 rings (SSSR count). The van der Waals surface area contributed by atoms with Crippen molar-refractivity contribution in [2.24, 2.45) is 0 Å². The molecule has 0 bridgehead atoms. The number of amides is 1. The van der Waals surface area contributed by atoms with Gasteiger partial charge in [-0.2, -0.15) is 4.98 Å². The Bertz CT molecular complexity index is 864. The number of piperidine rings is 1. The number of aryl methyl sites for hydroxylation is 1. The van der Waals surface area contributed by atoms with Gasteiger partial charge in [-0.25, -0.2) is 0 Å². The summed E-state index contributed by atoms with van der Waals surface area (Å²) in [6, 6.07) is 3.77. The fraction of sp³-hybridized carbons (Fsp3) is 0.636. The highest BCUT2D eigenvalue weighted by atomic mass is 16.5. The number of hydrogen-bond acceptors (Lipinski definition) is 7. The molecule has 8 heteroatoms. The van der Waals surface area contributed by atoms with E-state index < -0.39 is 0 Å². The summed E-state index contributed by atoms with van der Waals surface area (Å²) < 4.78 is 16.5. The van der Waals surface area contributed by atoms with Gasteiger partial charge in [0.25, 0.3) is 5.91 Å². The zero-order chi connectivity index (χ0) is 21.0. The van der Waals surface area contributed by atoms with Crippen LogP contribution in [-0.2, 0) is 14.9 Å². The molecule has 2 aromatic rings. The van der Waals surface area contributed by atoms with Crippen LogP contribution in [0.1, 0.15) is 65.8 Å². The third-order valence-electron chi connectivity index (χ3n) is 6.35. The first-order chi connectivity index (χ1) is 14.6. The lowest BCUT2D eigenvalue weighted by molar-refractivity contribution is 0.0561. The highest BCUT2D eigenvalue weighted by molar-refractivity contribution is 5.93. The average Bonchev–Trinajstić information content (AvgIpc) is 3.29. The smallest absolute Gasteiger partial charge is 0.272 e. The monoisotopic (exact) mass is 414 g/mol. The molecule has 2 aliphatic rings. The summed E-state index contributed by atoms with van der Waals surface area (Å²) >= 11 is 0. The first-order valence-corrected chi connectivity index (χ1v) is 10.7. The van der Waals surface area contributed by atoms with E-state index in [1.54, 1.807) is 13.3 Å². The molecule has 30 heavy (non-hydrogen) atoms. The molecule has 1 atom stereocenters. The van der Waals surface area contributed by atoms with Gasteiger partial charge < -0.3 is 18.9 Å². The van der Waals surface area contributed by atoms with E-state index in [1.807, 2.05) is 24.0 Å². The normalized spacial score (nSPS) is 22.9. The van der Waals surface area contributed by atoms with Gasteiger partial charge in [0.1, 0.15) is 5.69 Å². The summed E-state index contributed by atoms with van der Waals surface area (Å²) in [7, 11) is 1.69. The van der Waals surface area contributed by atoms with Crippen LogP contribution < -0.4 is 0 Å². The molecular weight excluding hydrogens is 384 g/mol. The Hall–Kier alpha value is -2.32. The van der Waals surface area contributed by atoms with Crippen molar-refractivity contribution in [1.29, 1.82) is 0 Å². The van der Waals surface area contributed by atoms with Gasteiger partial charge in [0.2, 0.25) is 5.89 Å². The van der Waals surface area contributed by atoms with Gasteiger partial charge in [-0.3, -0.25) is 9.78 Å². The van der Waals surface area contributed by atoms with Crippen molar-refractivity contribution in [3.63, 3.8) is 0 Å². The van der Waals surface area contributed by atoms with Gasteiger partial charge in [-0.15, -0.1) is 0 Å². The van der Waals surface area contributed by atoms with Crippen molar-refractivity contribution in [3.05, 3.63) is 41.3 Å². The van der Waals surface area contributed by atoms with E-state index in [-0.39, 0.29) is 17.2 Å². The lowest BCUT2D eigenvalue weighted by Crippen LogP contribution is -2.50. The number of pyridine rings is 1. The summed E-state index contributed by atoms with van der Waals surface area (Å²) in [6.45, 7) is 5.19. The van der Waals surface area contributed by atoms with E-state index in [9.17, 15) is 4.79 Å². The van der Waals surface area contributed by atoms with Crippen LogP contribution in [0.4, 0.5) is 0 Å². The number of aromatic nitrogens is 3. The minimum absolute atomic E-state index is 0.0391. The molecule has 2 saturated heterocycles. The Morgan fingerprint density at radius 3 is 2.97 bits per heavy atom. The number of ether oxygens (including phenoxy) is 2. The maximum absolute atomic E-state index is 13.2. The van der Waals surface area contributed by atoms with Gasteiger partial charge in [0.05, 0.1) is 5.41 Å². The molecule has 0 N–H and O–H groups in total. The third kappa shape index (κ3) is 4.25. The van der Waals surface area contributed by atoms with Crippen LogP contribution in [0.15, 0.2) is 22.9 Å². The van der Waals surface area contributed by atoms with Crippen molar-refractivity contribution >= 4 is 5.91 Å². The average molecular weight is 415 g/mol. The molecule has 2 aromatic heterocycles. The van der Waals surface area contributed by atoms with Gasteiger partial charge in [0, 0.05) is 52.1 Å². The second kappa shape index (κ2) is 9.22. The van der Waals surface area contributed by atoms with Crippen LogP contribution in [0.5, 0.6) is 0 Å². The molecule has 0 aliphatic carbocycles. The standard InChI is InChI=1S/C22H30N4O4/c1-16-5-3-10-23-18(16)20(27)26-11-4-8-22(15-26,9-14-28-2)21-24-19(30-25-21)17-6-12-29-13-7-17/h3,5,10,17H,4,6-9,11-15H2,1-2H3. The lowest BCUT2D eigenvalue weighted by Gasteiger charge is -2.40. The predicted octanol–water partition coefficient (Wildman–Crippen LogP) is 2.88. The second-order valence-corrected chi connectivity index (χ2v) is 8.37. The summed E-state index contributed by atoms with van der Waals surface area (Å²) in [6.07, 6.45) is 5.98. The molecule has 0 saturated carbocycles. The number of methoxy groups -OCH3 is 1. The van der Waals surface area contributed by atoms with Crippen molar-refractivity contribution in [3.8, 4) is 0 Å². The van der Waals surface area contributed by atoms with Crippen LogP contribution in [0, 0.1) is 6.92 Å². The van der Waals surface area contributed by atoms with Gasteiger partial charge in [-0.1, -0.05) is 11.2 Å². The lowest BCUT2D eigenvalue weighted by atomic mass is 9.76. The zero-order valence-electron chi connectivity index (χ0n) is 17.8. The Morgan fingerprint density at radius 1 is 1.37 bits per heavy atom. The van der Waals surface area contributed by atoms with Gasteiger partial charge in [0.15, 0.2) is 5.82 Å². The second-order valence-electron chi connectivity index (χ2n) is 8.37. The molecule has 2 fully saturated rings. The maximum atomic E-state index is 13.2. The number of nitrogens with zero attached hydrogens (tertiary/aromatic N) is 4. The summed E-state index contributed by atoms with van der Waals surface area (Å²) in [4.78, 5) is 24.3. The van der Waals surface area contributed by atoms with Gasteiger partial charge >= 0.3 is 0 Å². The first kappa shape index (κ1) is 20.9. The van der Waals surface area contributed by atoms with Crippen LogP contribution in [-0.4, -0.2) is 66.0 Å². The van der Waals surface area contributed by atoms with E-state index in [4.69, 9.17) is 19.0 Å². The summed E-state index contributed by atoms with van der Waals surface area (Å²) in [5.74, 6) is 1.59. The highest BCUT2D eigenvalue weighted by Crippen LogP contribution is 2.37. The number of carbonyl (C=O) groups excluding carboxylic acids is 1. The number of rotatable bonds is 6. The molecule has 8 nitrogen and oxygen atoms in total. The zero-order valence-corrected chi connectivity index (χ0v) is 17.8. The Kier molecular flexibility index (Phi) is 6.43. The highest BCUT2D eigenvalue weighted by Gasteiger charge is 2.43. The summed E-state index contributed by atoms with van der Waals surface area (Å²) in [5, 5.41) is 4.39. The maximum Gasteiger partial charge on any atom is 0.272 e. The fourth-order valence-electron chi connectivity index (χ4n) is 4.52. The van der Waals surface area contributed by atoms with E-state index in [0.29, 0.717) is 37.1 Å². The molecule has 162 valence electrons. The van der Waals surface area contributed by atoms with Crippen LogP contribution in [0.25, 0.3) is 0 Å². The van der Waals surface area contributed by atoms with E-state index in [1.165, 1.54) is 0 Å². The minimum atomic E-state index is -0.375. The third-order valence-corrected chi connectivity index (χ3v) is 6.35. The van der Waals surface area contributed by atoms with Crippen LogP contribution in [0.2, 0.25) is 0 Å². The largest absolute Gasteiger partial charge is 0.385 e. The fourth-order valence-corrected chi connectivity index (χ4v) is 4.52. The molecule has 1 amide bonds. The topological polar surface area (TPSA) is 90.6 Å². The van der Waals surface area contributed by atoms with E-state index in [2.05, 4.69) is 10.1 Å². The molecule has 0 radical (unpaired) electrons. The molecule has 1 unspecified atom stereocenters. The molecule has 0 spiro atoms. The first-order valence-electron chi connectivity index (χ1n) is 10.7. The quantitative estimate of drug-likeness (QED) is 0.718. The molecular formula is C22H30N4O4. The number of likely N-dealkylation sites (tertiary alicyclic amines) is 1. The predicted molar refractivity (Wildman–Crippen MR) is 109 cm³/mol. The Morgan fingerprint density at radius 2 is 2.20 bits per heavy atom. The number of carbonyl (C=O) groups is 1. The summed E-state index contributed by atoms with van der Waals surface area (Å²) in [5.41, 5.74) is 1.02. The van der Waals surface area contributed by atoms with Crippen LogP contribution in [0.3, 0.4) is 0 Å². The Balaban J connectivity index is 1.59. The van der Waals surface area contributed by atoms with Crippen molar-refractivity contribution in [2.45, 2.75) is 50.4 Å². The Labute approximate surface area is 177 Å². The van der Waals surface area contributed by atoms with Crippen molar-refractivity contribution < 1.29 is 18.8 Å². The van der Waals surface area contributed by atoms with Gasteiger partial charge in [-0.05, 0) is 50.7 Å². The van der Waals surface area contributed by atoms with Crippen LogP contribution >= 0.6 is 0 Å². The van der Waals surface area contributed by atoms with E-state index >= 15 is 0 Å². The van der Waals surface area contributed by atoms with Crippen molar-refractivity contribution in [1.82, 2.24) is 20.0 Å². The number of hydrogen-bond donors (Lipinski definition) is 0. The molecule has 4 heterocycles. The SMILES string of the molecule is COCCC1(c2noc(C3CCOCC3)n2)CCCN(C(=O)c2ncccc2C)C1. The van der Waals surface area contributed by atoms with Crippen molar-refractivity contribution in [2.75, 3.05) is 40.0 Å². The molecule has 0 aromatic carbocycles. The van der Waals surface area contributed by atoms with E-state index in [0.717, 1.165) is 50.9 Å². The molecule has 2 aliphatic heterocycles.